The first-order valence-corrected chi connectivity index (χ1v) is 13.6. The number of benzene rings is 1. The second-order valence-electron chi connectivity index (χ2n) is 10.3. The Bertz CT molecular complexity index is 861. The third-order valence-electron chi connectivity index (χ3n) is 6.74. The number of carbonyl (C=O) groups excluding carboxylic acids is 1. The molecule has 0 spiro atoms. The van der Waals surface area contributed by atoms with Crippen molar-refractivity contribution in [1.29, 1.82) is 5.26 Å². The molecule has 0 bridgehead atoms. The van der Waals surface area contributed by atoms with Gasteiger partial charge < -0.3 is 23.5 Å². The van der Waals surface area contributed by atoms with E-state index in [0.29, 0.717) is 5.56 Å². The molecular formula is C23H34N2O5Si. The van der Waals surface area contributed by atoms with Crippen LogP contribution in [0.15, 0.2) is 30.3 Å². The zero-order valence-corrected chi connectivity index (χ0v) is 20.8. The van der Waals surface area contributed by atoms with Gasteiger partial charge >= 0.3 is 0 Å². The number of nitriles is 1. The van der Waals surface area contributed by atoms with Crippen molar-refractivity contribution >= 4 is 14.2 Å². The van der Waals surface area contributed by atoms with Gasteiger partial charge in [0.05, 0.1) is 12.7 Å². The van der Waals surface area contributed by atoms with Crippen molar-refractivity contribution in [2.24, 2.45) is 0 Å². The van der Waals surface area contributed by atoms with Crippen LogP contribution in [0.2, 0.25) is 18.1 Å². The summed E-state index contributed by atoms with van der Waals surface area (Å²) in [6.07, 6.45) is -2.22. The van der Waals surface area contributed by atoms with E-state index < -0.39 is 38.1 Å². The third kappa shape index (κ3) is 4.17. The molecule has 170 valence electrons. The lowest BCUT2D eigenvalue weighted by Crippen LogP contribution is -2.62. The van der Waals surface area contributed by atoms with Gasteiger partial charge in [-0.3, -0.25) is 4.79 Å². The molecule has 1 aromatic rings. The standard InChI is InChI=1S/C23H34N2O5Si/c1-21(2,3)31(7,8)27-14-17-23(15-24,18-20(28-17)30-22(4,5)29-18)25(6)19(26)16-12-10-9-11-13-16/h9-13,17-18,20H,14H2,1-8H3/t17-,18+,20-,23-/m1/s1. The molecule has 1 aromatic carbocycles. The average molecular weight is 447 g/mol. The highest BCUT2D eigenvalue weighted by atomic mass is 28.4. The second kappa shape index (κ2) is 7.98. The van der Waals surface area contributed by atoms with Gasteiger partial charge in [-0.15, -0.1) is 0 Å². The van der Waals surface area contributed by atoms with E-state index >= 15 is 0 Å². The number of fused-ring (bicyclic) bond motifs is 1. The molecule has 0 saturated carbocycles. The molecule has 2 fully saturated rings. The summed E-state index contributed by atoms with van der Waals surface area (Å²) >= 11 is 0. The third-order valence-corrected chi connectivity index (χ3v) is 11.2. The van der Waals surface area contributed by atoms with E-state index in [9.17, 15) is 10.1 Å². The molecule has 31 heavy (non-hydrogen) atoms. The fraction of sp³-hybridized carbons (Fsp3) is 0.652. The van der Waals surface area contributed by atoms with Gasteiger partial charge in [-0.05, 0) is 44.1 Å². The molecule has 0 aliphatic carbocycles. The van der Waals surface area contributed by atoms with Crippen molar-refractivity contribution in [2.45, 2.75) is 82.6 Å². The first-order valence-electron chi connectivity index (χ1n) is 10.6. The van der Waals surface area contributed by atoms with Crippen LogP contribution in [0.5, 0.6) is 0 Å². The Morgan fingerprint density at radius 3 is 2.39 bits per heavy atom. The summed E-state index contributed by atoms with van der Waals surface area (Å²) in [5.74, 6) is -1.20. The zero-order valence-electron chi connectivity index (χ0n) is 19.8. The quantitative estimate of drug-likeness (QED) is 0.638. The number of hydrogen-bond donors (Lipinski definition) is 0. The maximum atomic E-state index is 13.3. The Kier molecular flexibility index (Phi) is 6.15. The van der Waals surface area contributed by atoms with Crippen molar-refractivity contribution in [3.05, 3.63) is 35.9 Å². The van der Waals surface area contributed by atoms with Gasteiger partial charge in [0.15, 0.2) is 32.0 Å². The summed E-state index contributed by atoms with van der Waals surface area (Å²) in [5, 5.41) is 10.5. The monoisotopic (exact) mass is 446 g/mol. The summed E-state index contributed by atoms with van der Waals surface area (Å²) in [6.45, 7) is 14.5. The van der Waals surface area contributed by atoms with E-state index in [0.717, 1.165) is 0 Å². The topological polar surface area (TPSA) is 81.0 Å². The Balaban J connectivity index is 1.96. The smallest absolute Gasteiger partial charge is 0.255 e. The number of amides is 1. The lowest BCUT2D eigenvalue weighted by molar-refractivity contribution is -0.217. The minimum atomic E-state index is -2.11. The molecule has 0 radical (unpaired) electrons. The Morgan fingerprint density at radius 2 is 1.84 bits per heavy atom. The van der Waals surface area contributed by atoms with Crippen LogP contribution in [0.3, 0.4) is 0 Å². The van der Waals surface area contributed by atoms with Gasteiger partial charge in [-0.25, -0.2) is 0 Å². The highest BCUT2D eigenvalue weighted by Crippen LogP contribution is 2.47. The van der Waals surface area contributed by atoms with E-state index in [1.54, 1.807) is 45.2 Å². The lowest BCUT2D eigenvalue weighted by Gasteiger charge is -2.42. The molecule has 0 unspecified atom stereocenters. The van der Waals surface area contributed by atoms with E-state index in [2.05, 4.69) is 39.9 Å². The summed E-state index contributed by atoms with van der Waals surface area (Å²) in [6, 6.07) is 11.3. The van der Waals surface area contributed by atoms with Gasteiger partial charge in [0, 0.05) is 12.6 Å². The number of rotatable bonds is 5. The minimum absolute atomic E-state index is 0.00245. The maximum absolute atomic E-state index is 13.3. The fourth-order valence-corrected chi connectivity index (χ4v) is 4.80. The van der Waals surface area contributed by atoms with Crippen LogP contribution in [0.4, 0.5) is 0 Å². The highest BCUT2D eigenvalue weighted by Gasteiger charge is 2.67. The lowest BCUT2D eigenvalue weighted by atomic mass is 9.87. The summed E-state index contributed by atoms with van der Waals surface area (Å²) in [4.78, 5) is 14.8. The molecule has 7 nitrogen and oxygen atoms in total. The Hall–Kier alpha value is -1.76. The summed E-state index contributed by atoms with van der Waals surface area (Å²) in [7, 11) is -0.489. The molecule has 2 aliphatic rings. The first kappa shape index (κ1) is 23.9. The Morgan fingerprint density at radius 1 is 1.23 bits per heavy atom. The largest absolute Gasteiger partial charge is 0.414 e. The van der Waals surface area contributed by atoms with Crippen molar-refractivity contribution in [1.82, 2.24) is 4.90 Å². The van der Waals surface area contributed by atoms with Crippen LogP contribution in [-0.2, 0) is 18.6 Å². The SMILES string of the molecule is CN(C(=O)c1ccccc1)[C@]1(C#N)[C@@H](CO[Si](C)(C)C(C)(C)C)O[C@@H]2OC(C)(C)O[C@@H]21. The molecular weight excluding hydrogens is 412 g/mol. The van der Waals surface area contributed by atoms with Gasteiger partial charge in [-0.2, -0.15) is 5.26 Å². The van der Waals surface area contributed by atoms with E-state index in [1.165, 1.54) is 4.90 Å². The number of likely N-dealkylation sites (N-methyl/N-ethyl adjacent to an activating group) is 1. The van der Waals surface area contributed by atoms with E-state index in [1.807, 2.05) is 6.07 Å². The minimum Gasteiger partial charge on any atom is -0.414 e. The predicted octanol–water partition coefficient (Wildman–Crippen LogP) is 3.92. The molecule has 0 N–H and O–H groups in total. The van der Waals surface area contributed by atoms with Crippen molar-refractivity contribution in [3.63, 3.8) is 0 Å². The van der Waals surface area contributed by atoms with Crippen LogP contribution in [0.1, 0.15) is 45.0 Å². The highest BCUT2D eigenvalue weighted by molar-refractivity contribution is 6.74. The van der Waals surface area contributed by atoms with Crippen LogP contribution in [-0.4, -0.2) is 62.6 Å². The van der Waals surface area contributed by atoms with Gasteiger partial charge in [-0.1, -0.05) is 39.0 Å². The second-order valence-corrected chi connectivity index (χ2v) is 15.1. The molecule has 3 rings (SSSR count). The summed E-state index contributed by atoms with van der Waals surface area (Å²) in [5.41, 5.74) is -0.904. The van der Waals surface area contributed by atoms with Crippen molar-refractivity contribution in [3.8, 4) is 6.07 Å². The summed E-state index contributed by atoms with van der Waals surface area (Å²) < 4.78 is 24.6. The van der Waals surface area contributed by atoms with Gasteiger partial charge in [0.2, 0.25) is 0 Å². The average Bonchev–Trinajstić information content (AvgIpc) is 3.14. The van der Waals surface area contributed by atoms with Crippen LogP contribution >= 0.6 is 0 Å². The molecule has 2 heterocycles. The normalized spacial score (nSPS) is 30.0. The molecule has 2 saturated heterocycles. The van der Waals surface area contributed by atoms with Crippen LogP contribution in [0, 0.1) is 11.3 Å². The van der Waals surface area contributed by atoms with Crippen molar-refractivity contribution in [2.75, 3.05) is 13.7 Å². The van der Waals surface area contributed by atoms with E-state index in [-0.39, 0.29) is 17.6 Å². The van der Waals surface area contributed by atoms with Crippen LogP contribution < -0.4 is 0 Å². The Labute approximate surface area is 186 Å². The first-order chi connectivity index (χ1) is 14.2. The van der Waals surface area contributed by atoms with Gasteiger partial charge in [0.1, 0.15) is 6.10 Å². The predicted molar refractivity (Wildman–Crippen MR) is 119 cm³/mol. The molecule has 0 aromatic heterocycles. The number of carbonyl (C=O) groups is 1. The van der Waals surface area contributed by atoms with Gasteiger partial charge in [0.25, 0.3) is 5.91 Å². The molecule has 1 amide bonds. The maximum Gasteiger partial charge on any atom is 0.255 e. The van der Waals surface area contributed by atoms with E-state index in [4.69, 9.17) is 18.6 Å². The fourth-order valence-electron chi connectivity index (χ4n) is 3.80. The van der Waals surface area contributed by atoms with Crippen molar-refractivity contribution < 1.29 is 23.4 Å². The number of hydrogen-bond acceptors (Lipinski definition) is 6. The number of nitrogens with zero attached hydrogens (tertiary/aromatic N) is 2. The zero-order chi connectivity index (χ0) is 23.2. The molecule has 2 aliphatic heterocycles. The molecule has 4 atom stereocenters. The van der Waals surface area contributed by atoms with Crippen LogP contribution in [0.25, 0.3) is 0 Å². The molecule has 8 heteroatoms. The number of ether oxygens (including phenoxy) is 3.